The van der Waals surface area contributed by atoms with E-state index in [-0.39, 0.29) is 30.1 Å². The molecule has 158 valence electrons. The molecule has 0 aliphatic carbocycles. The number of carbonyl (C=O) groups is 1. The van der Waals surface area contributed by atoms with Crippen LogP contribution >= 0.6 is 24.0 Å². The van der Waals surface area contributed by atoms with E-state index in [2.05, 4.69) is 36.2 Å². The summed E-state index contributed by atoms with van der Waals surface area (Å²) < 4.78 is 10.5. The van der Waals surface area contributed by atoms with Crippen LogP contribution in [0.2, 0.25) is 0 Å². The van der Waals surface area contributed by atoms with Crippen LogP contribution in [0.25, 0.3) is 0 Å². The van der Waals surface area contributed by atoms with E-state index >= 15 is 0 Å². The highest BCUT2D eigenvalue weighted by Gasteiger charge is 2.23. The van der Waals surface area contributed by atoms with Crippen molar-refractivity contribution < 1.29 is 14.3 Å². The van der Waals surface area contributed by atoms with Gasteiger partial charge in [-0.2, -0.15) is 0 Å². The first-order valence-corrected chi connectivity index (χ1v) is 9.67. The number of rotatable bonds is 6. The van der Waals surface area contributed by atoms with Crippen molar-refractivity contribution >= 4 is 36.0 Å². The van der Waals surface area contributed by atoms with Crippen LogP contribution in [0.3, 0.4) is 0 Å². The van der Waals surface area contributed by atoms with Gasteiger partial charge in [0.05, 0.1) is 13.7 Å². The minimum absolute atomic E-state index is 0. The van der Waals surface area contributed by atoms with E-state index < -0.39 is 0 Å². The Morgan fingerprint density at radius 3 is 2.46 bits per heavy atom. The minimum Gasteiger partial charge on any atom is -0.496 e. The number of hydrogen-bond donors (Lipinski definition) is 1. The molecule has 1 fully saturated rings. The highest BCUT2D eigenvalue weighted by Crippen LogP contribution is 2.20. The molecule has 7 nitrogen and oxygen atoms in total. The molecule has 8 heteroatoms. The molecular formula is C20H33IN4O3. The Kier molecular flexibility index (Phi) is 11.0. The predicted molar refractivity (Wildman–Crippen MR) is 123 cm³/mol. The molecule has 0 atom stereocenters. The summed E-state index contributed by atoms with van der Waals surface area (Å²) in [6.45, 7) is 10.7. The molecule has 2 rings (SSSR count). The van der Waals surface area contributed by atoms with Gasteiger partial charge < -0.3 is 24.6 Å². The van der Waals surface area contributed by atoms with Gasteiger partial charge in [-0.15, -0.1) is 24.0 Å². The largest absolute Gasteiger partial charge is 0.496 e. The van der Waals surface area contributed by atoms with E-state index in [9.17, 15) is 4.79 Å². The van der Waals surface area contributed by atoms with Crippen molar-refractivity contribution in [3.05, 3.63) is 29.3 Å². The average molecular weight is 504 g/mol. The summed E-state index contributed by atoms with van der Waals surface area (Å²) in [5.74, 6) is 1.80. The second-order valence-corrected chi connectivity index (χ2v) is 6.47. The Morgan fingerprint density at radius 1 is 1.18 bits per heavy atom. The first-order chi connectivity index (χ1) is 13.1. The molecule has 0 radical (unpaired) electrons. The van der Waals surface area contributed by atoms with Crippen molar-refractivity contribution in [3.8, 4) is 5.75 Å². The molecule has 0 spiro atoms. The van der Waals surface area contributed by atoms with Crippen molar-refractivity contribution in [2.75, 3.05) is 53.0 Å². The molecule has 1 heterocycles. The Labute approximate surface area is 185 Å². The number of nitrogens with one attached hydrogen (secondary N) is 1. The van der Waals surface area contributed by atoms with E-state index in [1.807, 2.05) is 13.0 Å². The highest BCUT2D eigenvalue weighted by molar-refractivity contribution is 14.0. The third-order valence-electron chi connectivity index (χ3n) is 4.52. The number of ether oxygens (including phenoxy) is 2. The van der Waals surface area contributed by atoms with E-state index in [0.29, 0.717) is 26.2 Å². The maximum Gasteiger partial charge on any atom is 0.409 e. The van der Waals surface area contributed by atoms with Gasteiger partial charge in [-0.05, 0) is 38.8 Å². The smallest absolute Gasteiger partial charge is 0.409 e. The lowest BCUT2D eigenvalue weighted by Crippen LogP contribution is -2.54. The monoisotopic (exact) mass is 504 g/mol. The van der Waals surface area contributed by atoms with Crippen LogP contribution in [0.4, 0.5) is 4.79 Å². The predicted octanol–water partition coefficient (Wildman–Crippen LogP) is 2.90. The number of nitrogens with zero attached hydrogens (tertiary/aromatic N) is 3. The standard InChI is InChI=1S/C20H32N4O3.HI/c1-5-21-19(23-11-13-24(14-12-23)20(25)27-6-2)22-10-9-17-15-16(3)7-8-18(17)26-4;/h7-8,15H,5-6,9-14H2,1-4H3,(H,21,22);1H. The van der Waals surface area contributed by atoms with Crippen LogP contribution in [0.5, 0.6) is 5.75 Å². The average Bonchev–Trinajstić information content (AvgIpc) is 2.68. The number of carbonyl (C=O) groups excluding carboxylic acids is 1. The van der Waals surface area contributed by atoms with Gasteiger partial charge in [-0.3, -0.25) is 4.99 Å². The molecule has 0 saturated carbocycles. The highest BCUT2D eigenvalue weighted by atomic mass is 127. The van der Waals surface area contributed by atoms with Crippen LogP contribution in [0, 0.1) is 6.92 Å². The maximum absolute atomic E-state index is 11.8. The molecule has 0 unspecified atom stereocenters. The van der Waals surface area contributed by atoms with Crippen LogP contribution in [0.15, 0.2) is 23.2 Å². The van der Waals surface area contributed by atoms with Gasteiger partial charge in [0.15, 0.2) is 5.96 Å². The topological polar surface area (TPSA) is 66.4 Å². The quantitative estimate of drug-likeness (QED) is 0.367. The van der Waals surface area contributed by atoms with Crippen LogP contribution < -0.4 is 10.1 Å². The van der Waals surface area contributed by atoms with Crippen molar-refractivity contribution in [1.82, 2.24) is 15.1 Å². The molecule has 1 amide bonds. The fourth-order valence-electron chi connectivity index (χ4n) is 3.13. The fraction of sp³-hybridized carbons (Fsp3) is 0.600. The number of benzene rings is 1. The maximum atomic E-state index is 11.8. The zero-order valence-electron chi connectivity index (χ0n) is 17.4. The molecule has 28 heavy (non-hydrogen) atoms. The lowest BCUT2D eigenvalue weighted by molar-refractivity contribution is 0.0914. The van der Waals surface area contributed by atoms with E-state index in [1.54, 1.807) is 12.0 Å². The van der Waals surface area contributed by atoms with Crippen LogP contribution in [-0.4, -0.2) is 74.8 Å². The summed E-state index contributed by atoms with van der Waals surface area (Å²) in [6, 6.07) is 6.21. The number of aryl methyl sites for hydroxylation is 1. The molecule has 1 saturated heterocycles. The summed E-state index contributed by atoms with van der Waals surface area (Å²) >= 11 is 0. The fourth-order valence-corrected chi connectivity index (χ4v) is 3.13. The van der Waals surface area contributed by atoms with E-state index in [0.717, 1.165) is 37.8 Å². The Hall–Kier alpha value is -1.71. The number of amides is 1. The molecule has 1 aromatic carbocycles. The van der Waals surface area contributed by atoms with Gasteiger partial charge in [0, 0.05) is 39.3 Å². The Balaban J connectivity index is 0.00000392. The van der Waals surface area contributed by atoms with E-state index in [1.165, 1.54) is 11.1 Å². The van der Waals surface area contributed by atoms with Gasteiger partial charge in [-0.1, -0.05) is 17.7 Å². The third kappa shape index (κ3) is 7.03. The molecule has 1 aromatic rings. The molecule has 0 bridgehead atoms. The Bertz CT molecular complexity index is 646. The SMILES string of the molecule is CCNC(=NCCc1cc(C)ccc1OC)N1CCN(C(=O)OCC)CC1.I. The third-order valence-corrected chi connectivity index (χ3v) is 4.52. The summed E-state index contributed by atoms with van der Waals surface area (Å²) in [4.78, 5) is 20.6. The number of methoxy groups -OCH3 is 1. The lowest BCUT2D eigenvalue weighted by Gasteiger charge is -2.35. The summed E-state index contributed by atoms with van der Waals surface area (Å²) in [7, 11) is 1.70. The summed E-state index contributed by atoms with van der Waals surface area (Å²) in [6.07, 6.45) is 0.591. The van der Waals surface area contributed by atoms with Crippen LogP contribution in [-0.2, 0) is 11.2 Å². The van der Waals surface area contributed by atoms with Crippen molar-refractivity contribution in [3.63, 3.8) is 0 Å². The number of piperazine rings is 1. The second kappa shape index (κ2) is 12.7. The molecule has 1 N–H and O–H groups in total. The number of aliphatic imine (C=N–C) groups is 1. The van der Waals surface area contributed by atoms with Gasteiger partial charge in [-0.25, -0.2) is 4.79 Å². The zero-order chi connectivity index (χ0) is 19.6. The summed E-state index contributed by atoms with van der Waals surface area (Å²) in [5.41, 5.74) is 2.39. The minimum atomic E-state index is -0.231. The molecule has 1 aliphatic rings. The van der Waals surface area contributed by atoms with Crippen LogP contribution in [0.1, 0.15) is 25.0 Å². The van der Waals surface area contributed by atoms with Gasteiger partial charge in [0.2, 0.25) is 0 Å². The Morgan fingerprint density at radius 2 is 1.86 bits per heavy atom. The van der Waals surface area contributed by atoms with Gasteiger partial charge in [0.25, 0.3) is 0 Å². The second-order valence-electron chi connectivity index (χ2n) is 6.47. The van der Waals surface area contributed by atoms with Gasteiger partial charge in [0.1, 0.15) is 5.75 Å². The molecule has 0 aromatic heterocycles. The summed E-state index contributed by atoms with van der Waals surface area (Å²) in [5, 5.41) is 3.36. The van der Waals surface area contributed by atoms with Crippen molar-refractivity contribution in [1.29, 1.82) is 0 Å². The van der Waals surface area contributed by atoms with Crippen molar-refractivity contribution in [2.45, 2.75) is 27.2 Å². The lowest BCUT2D eigenvalue weighted by atomic mass is 10.1. The zero-order valence-corrected chi connectivity index (χ0v) is 19.7. The molecular weight excluding hydrogens is 471 g/mol. The number of halogens is 1. The number of hydrogen-bond acceptors (Lipinski definition) is 4. The van der Waals surface area contributed by atoms with Crippen molar-refractivity contribution in [2.24, 2.45) is 4.99 Å². The van der Waals surface area contributed by atoms with Gasteiger partial charge >= 0.3 is 6.09 Å². The molecule has 1 aliphatic heterocycles. The normalized spacial score (nSPS) is 14.4. The van der Waals surface area contributed by atoms with E-state index in [4.69, 9.17) is 14.5 Å². The first-order valence-electron chi connectivity index (χ1n) is 9.67. The number of guanidine groups is 1. The first kappa shape index (κ1) is 24.3.